The second kappa shape index (κ2) is 7.75. The minimum atomic E-state index is 0.428. The molecular weight excluding hydrogens is 324 g/mol. The first-order chi connectivity index (χ1) is 9.76. The summed E-state index contributed by atoms with van der Waals surface area (Å²) < 4.78 is 11.1. The van der Waals surface area contributed by atoms with E-state index < -0.39 is 0 Å². The van der Waals surface area contributed by atoms with Crippen LogP contribution in [0.5, 0.6) is 5.88 Å². The lowest BCUT2D eigenvalue weighted by molar-refractivity contribution is 0.199. The maximum absolute atomic E-state index is 5.24. The van der Waals surface area contributed by atoms with Crippen molar-refractivity contribution in [1.29, 1.82) is 0 Å². The van der Waals surface area contributed by atoms with Gasteiger partial charge in [0.25, 0.3) is 0 Å². The summed E-state index contributed by atoms with van der Waals surface area (Å²) in [5.74, 6) is 1.31. The lowest BCUT2D eigenvalue weighted by Gasteiger charge is -2.25. The van der Waals surface area contributed by atoms with Gasteiger partial charge in [-0.05, 0) is 28.8 Å². The van der Waals surface area contributed by atoms with Crippen molar-refractivity contribution in [1.82, 2.24) is 15.3 Å². The summed E-state index contributed by atoms with van der Waals surface area (Å²) in [7, 11) is 3.33. The van der Waals surface area contributed by atoms with Crippen LogP contribution >= 0.6 is 15.9 Å². The van der Waals surface area contributed by atoms with Crippen molar-refractivity contribution in [2.75, 3.05) is 45.4 Å². The number of halogens is 1. The maximum Gasteiger partial charge on any atom is 0.232 e. The molecule has 1 atom stereocenters. The van der Waals surface area contributed by atoms with Crippen molar-refractivity contribution in [2.45, 2.75) is 18.9 Å². The zero-order chi connectivity index (χ0) is 14.4. The summed E-state index contributed by atoms with van der Waals surface area (Å²) in [6.07, 6.45) is 4.06. The first-order valence-electron chi connectivity index (χ1n) is 6.79. The molecule has 1 unspecified atom stereocenters. The molecule has 0 aromatic carbocycles. The molecule has 112 valence electrons. The lowest BCUT2D eigenvalue weighted by Crippen LogP contribution is -2.39. The summed E-state index contributed by atoms with van der Waals surface area (Å²) in [5, 5.41) is 3.41. The molecule has 2 heterocycles. The molecule has 1 aliphatic rings. The largest absolute Gasteiger partial charge is 0.480 e. The molecule has 1 aliphatic heterocycles. The van der Waals surface area contributed by atoms with Gasteiger partial charge in [0.15, 0.2) is 0 Å². The standard InChI is InChI=1S/C13H21BrN4O2/c1-19-7-5-15-8-10-4-3-6-18(10)13-16-9-11(14)12(17-13)20-2/h9-10,15H,3-8H2,1-2H3. The number of hydrogen-bond acceptors (Lipinski definition) is 6. The molecule has 0 amide bonds. The van der Waals surface area contributed by atoms with Gasteiger partial charge in [-0.2, -0.15) is 4.98 Å². The number of ether oxygens (including phenoxy) is 2. The third kappa shape index (κ3) is 3.80. The van der Waals surface area contributed by atoms with Crippen LogP contribution in [0.1, 0.15) is 12.8 Å². The molecule has 7 heteroatoms. The lowest BCUT2D eigenvalue weighted by atomic mass is 10.2. The van der Waals surface area contributed by atoms with Crippen molar-refractivity contribution in [3.8, 4) is 5.88 Å². The molecule has 1 aromatic heterocycles. The van der Waals surface area contributed by atoms with E-state index in [0.717, 1.165) is 43.1 Å². The molecule has 0 spiro atoms. The summed E-state index contributed by atoms with van der Waals surface area (Å²) in [5.41, 5.74) is 0. The van der Waals surface area contributed by atoms with Crippen LogP contribution < -0.4 is 15.0 Å². The van der Waals surface area contributed by atoms with Gasteiger partial charge < -0.3 is 19.7 Å². The second-order valence-corrected chi connectivity index (χ2v) is 5.57. The first kappa shape index (κ1) is 15.5. The van der Waals surface area contributed by atoms with E-state index in [9.17, 15) is 0 Å². The van der Waals surface area contributed by atoms with E-state index in [0.29, 0.717) is 11.9 Å². The molecule has 1 N–H and O–H groups in total. The van der Waals surface area contributed by atoms with Gasteiger partial charge in [-0.25, -0.2) is 4.98 Å². The van der Waals surface area contributed by atoms with Crippen LogP contribution in [0, 0.1) is 0 Å². The van der Waals surface area contributed by atoms with E-state index in [2.05, 4.69) is 36.1 Å². The maximum atomic E-state index is 5.24. The molecule has 0 radical (unpaired) electrons. The highest BCUT2D eigenvalue weighted by molar-refractivity contribution is 9.10. The van der Waals surface area contributed by atoms with Crippen molar-refractivity contribution in [2.24, 2.45) is 0 Å². The molecule has 2 rings (SSSR count). The Kier molecular flexibility index (Phi) is 6.00. The van der Waals surface area contributed by atoms with Crippen molar-refractivity contribution >= 4 is 21.9 Å². The van der Waals surface area contributed by atoms with Gasteiger partial charge in [-0.1, -0.05) is 0 Å². The highest BCUT2D eigenvalue weighted by atomic mass is 79.9. The Balaban J connectivity index is 1.99. The Morgan fingerprint density at radius 1 is 1.50 bits per heavy atom. The quantitative estimate of drug-likeness (QED) is 0.755. The topological polar surface area (TPSA) is 59.5 Å². The Morgan fingerprint density at radius 3 is 3.10 bits per heavy atom. The minimum absolute atomic E-state index is 0.428. The molecule has 6 nitrogen and oxygen atoms in total. The summed E-state index contributed by atoms with van der Waals surface area (Å²) in [6.45, 7) is 3.51. The third-order valence-electron chi connectivity index (χ3n) is 3.39. The number of rotatable bonds is 7. The smallest absolute Gasteiger partial charge is 0.232 e. The second-order valence-electron chi connectivity index (χ2n) is 4.71. The van der Waals surface area contributed by atoms with Gasteiger partial charge in [0.1, 0.15) is 0 Å². The van der Waals surface area contributed by atoms with E-state index in [1.165, 1.54) is 6.42 Å². The van der Waals surface area contributed by atoms with Crippen LogP contribution in [0.25, 0.3) is 0 Å². The number of methoxy groups -OCH3 is 2. The van der Waals surface area contributed by atoms with Crippen LogP contribution in [0.3, 0.4) is 0 Å². The van der Waals surface area contributed by atoms with Gasteiger partial charge in [0.2, 0.25) is 11.8 Å². The van der Waals surface area contributed by atoms with Gasteiger partial charge in [0, 0.05) is 32.8 Å². The average molecular weight is 345 g/mol. The molecule has 1 saturated heterocycles. The Hall–Kier alpha value is -0.920. The number of nitrogens with zero attached hydrogens (tertiary/aromatic N) is 3. The summed E-state index contributed by atoms with van der Waals surface area (Å²) in [6, 6.07) is 0.428. The third-order valence-corrected chi connectivity index (χ3v) is 3.93. The molecule has 0 saturated carbocycles. The molecular formula is C13H21BrN4O2. The van der Waals surface area contributed by atoms with Crippen molar-refractivity contribution in [3.05, 3.63) is 10.7 Å². The Morgan fingerprint density at radius 2 is 2.35 bits per heavy atom. The molecule has 1 fully saturated rings. The van der Waals surface area contributed by atoms with Crippen LogP contribution in [0.4, 0.5) is 5.95 Å². The predicted octanol–water partition coefficient (Wildman–Crippen LogP) is 1.45. The SMILES string of the molecule is COCCNCC1CCCN1c1ncc(Br)c(OC)n1. The van der Waals surface area contributed by atoms with Gasteiger partial charge in [-0.15, -0.1) is 0 Å². The highest BCUT2D eigenvalue weighted by Gasteiger charge is 2.26. The fourth-order valence-electron chi connectivity index (χ4n) is 2.38. The van der Waals surface area contributed by atoms with Gasteiger partial charge in [-0.3, -0.25) is 0 Å². The van der Waals surface area contributed by atoms with E-state index in [1.54, 1.807) is 20.4 Å². The van der Waals surface area contributed by atoms with Crippen LogP contribution in [-0.2, 0) is 4.74 Å². The van der Waals surface area contributed by atoms with Crippen LogP contribution in [0.2, 0.25) is 0 Å². The number of nitrogens with one attached hydrogen (secondary N) is 1. The Bertz CT molecular complexity index is 433. The molecule has 1 aromatic rings. The zero-order valence-electron chi connectivity index (χ0n) is 11.9. The average Bonchev–Trinajstić information content (AvgIpc) is 2.92. The molecule has 0 bridgehead atoms. The van der Waals surface area contributed by atoms with E-state index in [-0.39, 0.29) is 0 Å². The normalized spacial score (nSPS) is 18.6. The van der Waals surface area contributed by atoms with Crippen LogP contribution in [0.15, 0.2) is 10.7 Å². The van der Waals surface area contributed by atoms with Crippen molar-refractivity contribution < 1.29 is 9.47 Å². The van der Waals surface area contributed by atoms with Crippen molar-refractivity contribution in [3.63, 3.8) is 0 Å². The first-order valence-corrected chi connectivity index (χ1v) is 7.58. The molecule has 0 aliphatic carbocycles. The monoisotopic (exact) mass is 344 g/mol. The van der Waals surface area contributed by atoms with E-state index in [1.807, 2.05) is 0 Å². The summed E-state index contributed by atoms with van der Waals surface area (Å²) in [4.78, 5) is 11.1. The predicted molar refractivity (Wildman–Crippen MR) is 81.4 cm³/mol. The molecule has 20 heavy (non-hydrogen) atoms. The zero-order valence-corrected chi connectivity index (χ0v) is 13.5. The fourth-order valence-corrected chi connectivity index (χ4v) is 2.73. The summed E-state index contributed by atoms with van der Waals surface area (Å²) >= 11 is 3.38. The fraction of sp³-hybridized carbons (Fsp3) is 0.692. The van der Waals surface area contributed by atoms with E-state index in [4.69, 9.17) is 9.47 Å². The highest BCUT2D eigenvalue weighted by Crippen LogP contribution is 2.27. The van der Waals surface area contributed by atoms with Gasteiger partial charge in [0.05, 0.1) is 24.4 Å². The Labute approximate surface area is 128 Å². The number of anilines is 1. The number of aromatic nitrogens is 2. The minimum Gasteiger partial charge on any atom is -0.480 e. The van der Waals surface area contributed by atoms with E-state index >= 15 is 0 Å². The van der Waals surface area contributed by atoms with Crippen LogP contribution in [-0.4, -0.2) is 56.5 Å². The van der Waals surface area contributed by atoms with Gasteiger partial charge >= 0.3 is 0 Å². The number of hydrogen-bond donors (Lipinski definition) is 1.